The number of unbranched alkanes of at least 4 members (excludes halogenated alkanes) is 6. The first kappa shape index (κ1) is 15.7. The summed E-state index contributed by atoms with van der Waals surface area (Å²) in [5, 5.41) is 9.47. The van der Waals surface area contributed by atoms with Crippen molar-refractivity contribution in [2.24, 2.45) is 0 Å². The summed E-state index contributed by atoms with van der Waals surface area (Å²) >= 11 is 0. The SMILES string of the molecule is CC/C=C/CCCCCCCC[N+](C)(C)O. The van der Waals surface area contributed by atoms with E-state index in [0.29, 0.717) is 0 Å². The molecule has 0 aliphatic heterocycles. The van der Waals surface area contributed by atoms with E-state index in [1.807, 2.05) is 14.1 Å². The molecule has 96 valence electrons. The van der Waals surface area contributed by atoms with Gasteiger partial charge in [-0.2, -0.15) is 4.65 Å². The molecule has 2 nitrogen and oxygen atoms in total. The van der Waals surface area contributed by atoms with Crippen LogP contribution in [0.25, 0.3) is 0 Å². The van der Waals surface area contributed by atoms with Gasteiger partial charge in [0.05, 0.1) is 14.1 Å². The topological polar surface area (TPSA) is 20.2 Å². The lowest BCUT2D eigenvalue weighted by molar-refractivity contribution is -1.07. The Kier molecular flexibility index (Phi) is 9.65. The molecule has 16 heavy (non-hydrogen) atoms. The Balaban J connectivity index is 3.07. The van der Waals surface area contributed by atoms with Crippen molar-refractivity contribution in [2.75, 3.05) is 20.6 Å². The Bertz CT molecular complexity index is 170. The third-order valence-electron chi connectivity index (χ3n) is 2.73. The van der Waals surface area contributed by atoms with E-state index in [1.165, 1.54) is 38.5 Å². The van der Waals surface area contributed by atoms with Crippen molar-refractivity contribution in [3.63, 3.8) is 0 Å². The molecule has 0 aliphatic carbocycles. The predicted molar refractivity (Wildman–Crippen MR) is 70.5 cm³/mol. The third-order valence-corrected chi connectivity index (χ3v) is 2.73. The fourth-order valence-corrected chi connectivity index (χ4v) is 1.75. The number of rotatable bonds is 10. The number of hydroxylamine groups is 3. The molecule has 0 aliphatic rings. The summed E-state index contributed by atoms with van der Waals surface area (Å²) in [4.78, 5) is 0. The maximum atomic E-state index is 9.47. The first-order chi connectivity index (χ1) is 7.56. The van der Waals surface area contributed by atoms with Crippen LogP contribution in [0.15, 0.2) is 12.2 Å². The molecule has 0 spiro atoms. The molecule has 0 aromatic heterocycles. The summed E-state index contributed by atoms with van der Waals surface area (Å²) < 4.78 is 0.113. The minimum Gasteiger partial charge on any atom is -0.217 e. The molecule has 0 heterocycles. The standard InChI is InChI=1S/C14H30NO/c1-4-5-6-7-8-9-10-11-12-13-14-15(2,3)16/h5-6,16H,4,7-14H2,1-3H3/q+1/b6-5+. The predicted octanol–water partition coefficient (Wildman–Crippen LogP) is 4.15. The quantitative estimate of drug-likeness (QED) is 0.258. The fourth-order valence-electron chi connectivity index (χ4n) is 1.75. The zero-order valence-electron chi connectivity index (χ0n) is 11.4. The highest BCUT2D eigenvalue weighted by molar-refractivity contribution is 4.79. The Morgan fingerprint density at radius 3 is 2.00 bits per heavy atom. The van der Waals surface area contributed by atoms with E-state index in [1.54, 1.807) is 0 Å². The van der Waals surface area contributed by atoms with Crippen LogP contribution in [0, 0.1) is 0 Å². The maximum absolute atomic E-state index is 9.47. The average molecular weight is 228 g/mol. The molecule has 0 saturated carbocycles. The molecular formula is C14H30NO+. The molecule has 0 aromatic carbocycles. The lowest BCUT2D eigenvalue weighted by Gasteiger charge is -2.18. The molecule has 0 atom stereocenters. The van der Waals surface area contributed by atoms with Crippen LogP contribution >= 0.6 is 0 Å². The molecular weight excluding hydrogens is 198 g/mol. The fraction of sp³-hybridized carbons (Fsp3) is 0.857. The van der Waals surface area contributed by atoms with Crippen LogP contribution in [0.1, 0.15) is 58.3 Å². The summed E-state index contributed by atoms with van der Waals surface area (Å²) in [6, 6.07) is 0. The highest BCUT2D eigenvalue weighted by atomic mass is 16.5. The Hall–Kier alpha value is -0.340. The van der Waals surface area contributed by atoms with Crippen LogP contribution in [-0.4, -0.2) is 30.5 Å². The van der Waals surface area contributed by atoms with Gasteiger partial charge in [-0.25, -0.2) is 5.21 Å². The second kappa shape index (κ2) is 9.86. The first-order valence-electron chi connectivity index (χ1n) is 6.77. The van der Waals surface area contributed by atoms with E-state index >= 15 is 0 Å². The van der Waals surface area contributed by atoms with Gasteiger partial charge in [-0.1, -0.05) is 38.3 Å². The number of quaternary nitrogens is 1. The Labute approximate surface area is 102 Å². The zero-order valence-corrected chi connectivity index (χ0v) is 11.4. The molecule has 0 radical (unpaired) electrons. The van der Waals surface area contributed by atoms with Crippen LogP contribution in [0.4, 0.5) is 0 Å². The van der Waals surface area contributed by atoms with Crippen LogP contribution < -0.4 is 0 Å². The molecule has 2 heteroatoms. The molecule has 0 aromatic rings. The number of hydrogen-bond acceptors (Lipinski definition) is 1. The monoisotopic (exact) mass is 228 g/mol. The van der Waals surface area contributed by atoms with E-state index in [-0.39, 0.29) is 4.65 Å². The Morgan fingerprint density at radius 2 is 1.44 bits per heavy atom. The Morgan fingerprint density at radius 1 is 0.875 bits per heavy atom. The van der Waals surface area contributed by atoms with E-state index < -0.39 is 0 Å². The van der Waals surface area contributed by atoms with Gasteiger partial charge in [0, 0.05) is 0 Å². The van der Waals surface area contributed by atoms with Gasteiger partial charge in [0.15, 0.2) is 0 Å². The number of hydrogen-bond donors (Lipinski definition) is 1. The third kappa shape index (κ3) is 13.7. The van der Waals surface area contributed by atoms with Crippen molar-refractivity contribution in [3.8, 4) is 0 Å². The summed E-state index contributed by atoms with van der Waals surface area (Å²) in [6.45, 7) is 3.05. The molecule has 0 unspecified atom stereocenters. The largest absolute Gasteiger partial charge is 0.217 e. The van der Waals surface area contributed by atoms with Gasteiger partial charge >= 0.3 is 0 Å². The molecule has 0 bridgehead atoms. The van der Waals surface area contributed by atoms with E-state index in [2.05, 4.69) is 19.1 Å². The summed E-state index contributed by atoms with van der Waals surface area (Å²) in [5.41, 5.74) is 0. The van der Waals surface area contributed by atoms with Crippen LogP contribution in [0.2, 0.25) is 0 Å². The van der Waals surface area contributed by atoms with Crippen molar-refractivity contribution in [1.82, 2.24) is 0 Å². The summed E-state index contributed by atoms with van der Waals surface area (Å²) in [5.74, 6) is 0. The second-order valence-electron chi connectivity index (χ2n) is 5.13. The smallest absolute Gasteiger partial charge is 0.108 e. The highest BCUT2D eigenvalue weighted by Gasteiger charge is 2.08. The zero-order chi connectivity index (χ0) is 12.3. The lowest BCUT2D eigenvalue weighted by Crippen LogP contribution is -2.36. The van der Waals surface area contributed by atoms with E-state index in [0.717, 1.165) is 19.4 Å². The lowest BCUT2D eigenvalue weighted by atomic mass is 10.1. The molecule has 0 saturated heterocycles. The van der Waals surface area contributed by atoms with Gasteiger partial charge in [0.1, 0.15) is 6.54 Å². The van der Waals surface area contributed by atoms with Gasteiger partial charge in [0.25, 0.3) is 0 Å². The molecule has 0 amide bonds. The van der Waals surface area contributed by atoms with Gasteiger partial charge in [-0.3, -0.25) is 0 Å². The second-order valence-corrected chi connectivity index (χ2v) is 5.13. The highest BCUT2D eigenvalue weighted by Crippen LogP contribution is 2.08. The van der Waals surface area contributed by atoms with Gasteiger partial charge in [0.2, 0.25) is 0 Å². The maximum Gasteiger partial charge on any atom is 0.108 e. The molecule has 1 N–H and O–H groups in total. The minimum absolute atomic E-state index is 0.113. The van der Waals surface area contributed by atoms with Crippen molar-refractivity contribution < 1.29 is 9.85 Å². The number of allylic oxidation sites excluding steroid dienone is 2. The normalized spacial score (nSPS) is 12.5. The van der Waals surface area contributed by atoms with Crippen molar-refractivity contribution in [3.05, 3.63) is 12.2 Å². The van der Waals surface area contributed by atoms with Crippen molar-refractivity contribution >= 4 is 0 Å². The first-order valence-corrected chi connectivity index (χ1v) is 6.77. The van der Waals surface area contributed by atoms with Crippen molar-refractivity contribution in [1.29, 1.82) is 0 Å². The molecule has 0 fully saturated rings. The van der Waals surface area contributed by atoms with Crippen molar-refractivity contribution in [2.45, 2.75) is 58.3 Å². The van der Waals surface area contributed by atoms with Gasteiger partial charge < -0.3 is 0 Å². The van der Waals surface area contributed by atoms with E-state index in [4.69, 9.17) is 0 Å². The van der Waals surface area contributed by atoms with Crippen LogP contribution in [0.3, 0.4) is 0 Å². The van der Waals surface area contributed by atoms with Gasteiger partial charge in [-0.05, 0) is 32.1 Å². The van der Waals surface area contributed by atoms with Crippen LogP contribution in [-0.2, 0) is 0 Å². The summed E-state index contributed by atoms with van der Waals surface area (Å²) in [6.07, 6.45) is 14.7. The summed E-state index contributed by atoms with van der Waals surface area (Å²) in [7, 11) is 3.67. The van der Waals surface area contributed by atoms with E-state index in [9.17, 15) is 5.21 Å². The number of nitrogens with zero attached hydrogens (tertiary/aromatic N) is 1. The minimum atomic E-state index is 0.113. The molecule has 0 rings (SSSR count). The van der Waals surface area contributed by atoms with Gasteiger partial charge in [-0.15, -0.1) is 0 Å². The van der Waals surface area contributed by atoms with Crippen LogP contribution in [0.5, 0.6) is 0 Å². The average Bonchev–Trinajstić information content (AvgIpc) is 2.19.